The molecule has 6 heteroatoms. The lowest BCUT2D eigenvalue weighted by Gasteiger charge is -2.34. The van der Waals surface area contributed by atoms with Crippen molar-refractivity contribution in [3.63, 3.8) is 0 Å². The summed E-state index contributed by atoms with van der Waals surface area (Å²) in [5.41, 5.74) is 5.97. The Morgan fingerprint density at radius 2 is 2.05 bits per heavy atom. The molecule has 1 saturated carbocycles. The molecule has 2 aliphatic rings. The molecule has 0 aromatic carbocycles. The third-order valence-corrected chi connectivity index (χ3v) is 6.21. The van der Waals surface area contributed by atoms with E-state index in [1.807, 2.05) is 11.8 Å². The molecular weight excluding hydrogens is 276 g/mol. The summed E-state index contributed by atoms with van der Waals surface area (Å²) in [7, 11) is -2.95. The minimum absolute atomic E-state index is 0.00592. The zero-order valence-electron chi connectivity index (χ0n) is 12.3. The quantitative estimate of drug-likeness (QED) is 0.837. The number of rotatable bonds is 4. The van der Waals surface area contributed by atoms with Crippen molar-refractivity contribution in [1.82, 2.24) is 4.90 Å². The first-order valence-corrected chi connectivity index (χ1v) is 9.51. The fourth-order valence-corrected chi connectivity index (χ4v) is 5.15. The van der Waals surface area contributed by atoms with Gasteiger partial charge in [-0.3, -0.25) is 4.79 Å². The predicted molar refractivity (Wildman–Crippen MR) is 79.0 cm³/mol. The Bertz CT molecular complexity index is 449. The Morgan fingerprint density at radius 1 is 1.30 bits per heavy atom. The lowest BCUT2D eigenvalue weighted by atomic mass is 9.85. The predicted octanol–water partition coefficient (Wildman–Crippen LogP) is 0.930. The van der Waals surface area contributed by atoms with Crippen molar-refractivity contribution in [2.45, 2.75) is 57.5 Å². The zero-order valence-corrected chi connectivity index (χ0v) is 13.1. The van der Waals surface area contributed by atoms with Crippen LogP contribution in [-0.4, -0.2) is 49.4 Å². The van der Waals surface area contributed by atoms with Crippen molar-refractivity contribution in [1.29, 1.82) is 0 Å². The Kier molecular flexibility index (Phi) is 5.07. The molecule has 0 aromatic heterocycles. The van der Waals surface area contributed by atoms with Gasteiger partial charge in [0, 0.05) is 24.5 Å². The number of carbonyl (C=O) groups excluding carboxylic acids is 1. The smallest absolute Gasteiger partial charge is 0.226 e. The summed E-state index contributed by atoms with van der Waals surface area (Å²) in [4.78, 5) is 14.5. The van der Waals surface area contributed by atoms with Crippen molar-refractivity contribution in [3.8, 4) is 0 Å². The summed E-state index contributed by atoms with van der Waals surface area (Å²) >= 11 is 0. The molecule has 0 spiro atoms. The first kappa shape index (κ1) is 15.8. The van der Waals surface area contributed by atoms with Crippen LogP contribution in [0.15, 0.2) is 0 Å². The number of carbonyl (C=O) groups is 1. The highest BCUT2D eigenvalue weighted by Gasteiger charge is 2.37. The number of hydrogen-bond donors (Lipinski definition) is 1. The largest absolute Gasteiger partial charge is 0.338 e. The summed E-state index contributed by atoms with van der Waals surface area (Å²) in [6, 6.07) is -0.000844. The van der Waals surface area contributed by atoms with E-state index in [2.05, 4.69) is 0 Å². The van der Waals surface area contributed by atoms with E-state index in [1.54, 1.807) is 0 Å². The van der Waals surface area contributed by atoms with E-state index in [-0.39, 0.29) is 35.4 Å². The van der Waals surface area contributed by atoms with Crippen LogP contribution >= 0.6 is 0 Å². The zero-order chi connectivity index (χ0) is 14.8. The molecule has 1 saturated heterocycles. The fraction of sp³-hybridized carbons (Fsp3) is 0.929. The van der Waals surface area contributed by atoms with Crippen LogP contribution in [0.3, 0.4) is 0 Å². The maximum absolute atomic E-state index is 12.7. The molecule has 1 aliphatic carbocycles. The molecule has 0 radical (unpaired) electrons. The monoisotopic (exact) mass is 302 g/mol. The Balaban J connectivity index is 2.06. The molecule has 2 fully saturated rings. The number of sulfone groups is 1. The second kappa shape index (κ2) is 6.43. The minimum Gasteiger partial charge on any atom is -0.338 e. The van der Waals surface area contributed by atoms with Crippen molar-refractivity contribution in [2.75, 3.05) is 18.1 Å². The summed E-state index contributed by atoms with van der Waals surface area (Å²) in [6.07, 6.45) is 5.09. The number of amides is 1. The SMILES string of the molecule is CCCN(C(=O)C1CCCC(N)C1)C1CCS(=O)(=O)C1. The molecule has 0 aromatic rings. The number of hydrogen-bond acceptors (Lipinski definition) is 4. The summed E-state index contributed by atoms with van der Waals surface area (Å²) in [5.74, 6) is 0.477. The molecule has 1 heterocycles. The average molecular weight is 302 g/mol. The van der Waals surface area contributed by atoms with Gasteiger partial charge in [0.2, 0.25) is 5.91 Å². The van der Waals surface area contributed by atoms with E-state index < -0.39 is 9.84 Å². The third-order valence-electron chi connectivity index (χ3n) is 4.46. The molecule has 2 N–H and O–H groups in total. The topological polar surface area (TPSA) is 80.5 Å². The highest BCUT2D eigenvalue weighted by molar-refractivity contribution is 7.91. The molecule has 1 aliphatic heterocycles. The number of nitrogens with zero attached hydrogens (tertiary/aromatic N) is 1. The fourth-order valence-electron chi connectivity index (χ4n) is 3.42. The molecule has 20 heavy (non-hydrogen) atoms. The van der Waals surface area contributed by atoms with Crippen LogP contribution in [0, 0.1) is 5.92 Å². The normalized spacial score (nSPS) is 33.0. The molecule has 3 atom stereocenters. The van der Waals surface area contributed by atoms with Crippen LogP contribution in [0.2, 0.25) is 0 Å². The van der Waals surface area contributed by atoms with E-state index in [9.17, 15) is 13.2 Å². The van der Waals surface area contributed by atoms with Gasteiger partial charge in [0.05, 0.1) is 11.5 Å². The molecule has 1 amide bonds. The van der Waals surface area contributed by atoms with Gasteiger partial charge in [-0.15, -0.1) is 0 Å². The highest BCUT2D eigenvalue weighted by Crippen LogP contribution is 2.27. The van der Waals surface area contributed by atoms with Crippen LogP contribution in [0.5, 0.6) is 0 Å². The van der Waals surface area contributed by atoms with Crippen LogP contribution in [0.1, 0.15) is 45.4 Å². The highest BCUT2D eigenvalue weighted by atomic mass is 32.2. The van der Waals surface area contributed by atoms with E-state index >= 15 is 0 Å². The Morgan fingerprint density at radius 3 is 2.60 bits per heavy atom. The summed E-state index contributed by atoms with van der Waals surface area (Å²) in [5, 5.41) is 0. The van der Waals surface area contributed by atoms with Crippen LogP contribution < -0.4 is 5.73 Å². The van der Waals surface area contributed by atoms with Crippen LogP contribution in [0.4, 0.5) is 0 Å². The second-order valence-corrected chi connectivity index (χ2v) is 8.44. The Hall–Kier alpha value is -0.620. The van der Waals surface area contributed by atoms with Gasteiger partial charge >= 0.3 is 0 Å². The Labute approximate surface area is 121 Å². The number of nitrogens with two attached hydrogens (primary N) is 1. The van der Waals surface area contributed by atoms with Crippen LogP contribution in [-0.2, 0) is 14.6 Å². The molecular formula is C14H26N2O3S. The lowest BCUT2D eigenvalue weighted by molar-refractivity contribution is -0.138. The van der Waals surface area contributed by atoms with Crippen LogP contribution in [0.25, 0.3) is 0 Å². The van der Waals surface area contributed by atoms with Gasteiger partial charge in [-0.25, -0.2) is 8.42 Å². The van der Waals surface area contributed by atoms with Crippen molar-refractivity contribution in [3.05, 3.63) is 0 Å². The van der Waals surface area contributed by atoms with Crippen molar-refractivity contribution in [2.24, 2.45) is 11.7 Å². The van der Waals surface area contributed by atoms with Gasteiger partial charge in [0.25, 0.3) is 0 Å². The van der Waals surface area contributed by atoms with E-state index in [0.717, 1.165) is 32.1 Å². The van der Waals surface area contributed by atoms with E-state index in [0.29, 0.717) is 13.0 Å². The van der Waals surface area contributed by atoms with Gasteiger partial charge in [0.15, 0.2) is 9.84 Å². The molecule has 2 rings (SSSR count). The maximum atomic E-state index is 12.7. The van der Waals surface area contributed by atoms with Gasteiger partial charge in [-0.2, -0.15) is 0 Å². The molecule has 5 nitrogen and oxygen atoms in total. The maximum Gasteiger partial charge on any atom is 0.226 e. The van der Waals surface area contributed by atoms with Gasteiger partial charge < -0.3 is 10.6 Å². The van der Waals surface area contributed by atoms with Gasteiger partial charge in [0.1, 0.15) is 0 Å². The minimum atomic E-state index is -2.95. The third kappa shape index (κ3) is 3.73. The standard InChI is InChI=1S/C14H26N2O3S/c1-2-7-16(13-6-8-20(18,19)10-13)14(17)11-4-3-5-12(15)9-11/h11-13H,2-10,15H2,1H3. The lowest BCUT2D eigenvalue weighted by Crippen LogP contribution is -2.46. The summed E-state index contributed by atoms with van der Waals surface area (Å²) < 4.78 is 23.3. The van der Waals surface area contributed by atoms with Gasteiger partial charge in [-0.1, -0.05) is 13.3 Å². The first-order chi connectivity index (χ1) is 9.43. The molecule has 0 bridgehead atoms. The van der Waals surface area contributed by atoms with Crippen molar-refractivity contribution >= 4 is 15.7 Å². The van der Waals surface area contributed by atoms with E-state index in [4.69, 9.17) is 5.73 Å². The van der Waals surface area contributed by atoms with E-state index in [1.165, 1.54) is 0 Å². The average Bonchev–Trinajstić information content (AvgIpc) is 2.75. The van der Waals surface area contributed by atoms with Crippen molar-refractivity contribution < 1.29 is 13.2 Å². The molecule has 3 unspecified atom stereocenters. The van der Waals surface area contributed by atoms with Gasteiger partial charge in [-0.05, 0) is 32.1 Å². The second-order valence-electron chi connectivity index (χ2n) is 6.21. The summed E-state index contributed by atoms with van der Waals surface area (Å²) in [6.45, 7) is 2.68. The first-order valence-electron chi connectivity index (χ1n) is 7.69. The molecule has 116 valence electrons.